The SMILES string of the molecule is CC[C@H]1O[C@@H](O[C@H]2[C@H](OC(=O)c3ccccc3)[C@@H](OC(=O)c3ccccc3)[C@@H](OC(=O)c3ccccc3)O[C@@H]2CC)[C@H](OC(=O)c2ccccc2)[C@@H](OC(=O)c2ccccc2)[C@H]1C. The van der Waals surface area contributed by atoms with E-state index in [9.17, 15) is 24.0 Å². The molecule has 13 nitrogen and oxygen atoms in total. The first kappa shape index (κ1) is 44.4. The van der Waals surface area contributed by atoms with E-state index in [1.807, 2.05) is 13.8 Å². The van der Waals surface area contributed by atoms with Crippen molar-refractivity contribution in [2.24, 2.45) is 5.92 Å². The molecule has 13 heteroatoms. The van der Waals surface area contributed by atoms with Crippen molar-refractivity contribution in [3.63, 3.8) is 0 Å². The first-order chi connectivity index (χ1) is 30.6. The number of ether oxygens (including phenoxy) is 8. The fourth-order valence-electron chi connectivity index (χ4n) is 7.61. The monoisotopic (exact) mass is 856 g/mol. The van der Waals surface area contributed by atoms with Gasteiger partial charge in [0.1, 0.15) is 12.2 Å². The van der Waals surface area contributed by atoms with Crippen LogP contribution in [0, 0.1) is 5.92 Å². The molecule has 10 atom stereocenters. The van der Waals surface area contributed by atoms with Gasteiger partial charge >= 0.3 is 29.8 Å². The van der Waals surface area contributed by atoms with Gasteiger partial charge in [-0.1, -0.05) is 112 Å². The van der Waals surface area contributed by atoms with Gasteiger partial charge in [-0.15, -0.1) is 0 Å². The topological polar surface area (TPSA) is 159 Å². The average Bonchev–Trinajstić information content (AvgIpc) is 3.33. The van der Waals surface area contributed by atoms with Crippen LogP contribution in [0.2, 0.25) is 0 Å². The minimum absolute atomic E-state index is 0.153. The first-order valence-corrected chi connectivity index (χ1v) is 20.9. The van der Waals surface area contributed by atoms with Crippen molar-refractivity contribution in [3.8, 4) is 0 Å². The normalized spacial score (nSPS) is 25.4. The van der Waals surface area contributed by atoms with E-state index in [2.05, 4.69) is 0 Å². The summed E-state index contributed by atoms with van der Waals surface area (Å²) in [6, 6.07) is 41.1. The third kappa shape index (κ3) is 10.7. The lowest BCUT2D eigenvalue weighted by Crippen LogP contribution is -2.65. The maximum absolute atomic E-state index is 14.1. The molecule has 2 aliphatic heterocycles. The highest BCUT2D eigenvalue weighted by molar-refractivity contribution is 5.92. The number of benzene rings is 5. The van der Waals surface area contributed by atoms with Gasteiger partial charge in [-0.3, -0.25) is 0 Å². The molecule has 0 spiro atoms. The highest BCUT2D eigenvalue weighted by Gasteiger charge is 2.56. The molecule has 2 fully saturated rings. The van der Waals surface area contributed by atoms with Crippen molar-refractivity contribution in [2.75, 3.05) is 0 Å². The van der Waals surface area contributed by atoms with Crippen LogP contribution >= 0.6 is 0 Å². The first-order valence-electron chi connectivity index (χ1n) is 20.9. The Balaban J connectivity index is 1.31. The predicted octanol–water partition coefficient (Wildman–Crippen LogP) is 8.04. The highest BCUT2D eigenvalue weighted by Crippen LogP contribution is 2.38. The smallest absolute Gasteiger partial charge is 0.340 e. The Morgan fingerprint density at radius 1 is 0.381 bits per heavy atom. The summed E-state index contributed by atoms with van der Waals surface area (Å²) in [6.07, 6.45) is -11.2. The van der Waals surface area contributed by atoms with Gasteiger partial charge in [0.05, 0.1) is 40.0 Å². The standard InChI is InChI=1S/C50H48O13/c1-4-37-31(3)39(58-44(51)32-21-11-6-12-22-32)42(60-46(53)34-25-15-8-16-26-34)49(56-37)62-40-38(5-2)57-50(63-48(55)36-29-19-10-20-30-36)43(61-47(54)35-27-17-9-18-28-35)41(40)59-45(52)33-23-13-7-14-24-33/h6-31,37-43,49-50H,4-5H2,1-3H3/t31-,37+,38+,39-,40+,41-,42+,43+,49-,50+/m0/s1. The zero-order valence-corrected chi connectivity index (χ0v) is 34.9. The molecule has 5 aromatic carbocycles. The number of hydrogen-bond acceptors (Lipinski definition) is 13. The van der Waals surface area contributed by atoms with E-state index in [4.69, 9.17) is 37.9 Å². The molecule has 0 N–H and O–H groups in total. The third-order valence-corrected chi connectivity index (χ3v) is 10.9. The van der Waals surface area contributed by atoms with E-state index in [-0.39, 0.29) is 34.2 Å². The second-order valence-electron chi connectivity index (χ2n) is 15.1. The van der Waals surface area contributed by atoms with Gasteiger partial charge in [0.15, 0.2) is 18.5 Å². The van der Waals surface area contributed by atoms with Gasteiger partial charge < -0.3 is 37.9 Å². The molecule has 63 heavy (non-hydrogen) atoms. The lowest BCUT2D eigenvalue weighted by Gasteiger charge is -2.48. The maximum atomic E-state index is 14.1. The molecule has 0 amide bonds. The summed E-state index contributed by atoms with van der Waals surface area (Å²) in [6.45, 7) is 5.49. The third-order valence-electron chi connectivity index (χ3n) is 10.9. The fraction of sp³-hybridized carbons (Fsp3) is 0.300. The Morgan fingerprint density at radius 3 is 1.05 bits per heavy atom. The molecule has 0 bridgehead atoms. The Bertz CT molecular complexity index is 2290. The van der Waals surface area contributed by atoms with Crippen LogP contribution in [0.3, 0.4) is 0 Å². The van der Waals surface area contributed by atoms with Crippen molar-refractivity contribution in [3.05, 3.63) is 179 Å². The van der Waals surface area contributed by atoms with E-state index in [1.165, 1.54) is 12.1 Å². The zero-order valence-electron chi connectivity index (χ0n) is 34.9. The number of hydrogen-bond donors (Lipinski definition) is 0. The van der Waals surface area contributed by atoms with E-state index in [0.717, 1.165) is 0 Å². The number of esters is 5. The summed E-state index contributed by atoms with van der Waals surface area (Å²) in [4.78, 5) is 69.3. The molecule has 7 rings (SSSR count). The minimum atomic E-state index is -1.63. The Kier molecular flexibility index (Phi) is 14.7. The molecule has 2 aliphatic rings. The molecular formula is C50H48O13. The largest absolute Gasteiger partial charge is 0.454 e. The molecule has 5 aromatic rings. The summed E-state index contributed by atoms with van der Waals surface area (Å²) < 4.78 is 50.7. The quantitative estimate of drug-likeness (QED) is 0.0781. The van der Waals surface area contributed by atoms with Gasteiger partial charge in [0.25, 0.3) is 0 Å². The molecule has 0 unspecified atom stereocenters. The molecule has 0 aromatic heterocycles. The highest BCUT2D eigenvalue weighted by atomic mass is 16.8. The lowest BCUT2D eigenvalue weighted by molar-refractivity contribution is -0.344. The fourth-order valence-corrected chi connectivity index (χ4v) is 7.61. The molecule has 2 saturated heterocycles. The van der Waals surface area contributed by atoms with E-state index < -0.39 is 91.1 Å². The number of carbonyl (C=O) groups excluding carboxylic acids is 5. The molecule has 0 saturated carbocycles. The van der Waals surface area contributed by atoms with Crippen LogP contribution in [-0.2, 0) is 37.9 Å². The predicted molar refractivity (Wildman–Crippen MR) is 226 cm³/mol. The number of carbonyl (C=O) groups is 5. The Morgan fingerprint density at radius 2 is 0.683 bits per heavy atom. The minimum Gasteiger partial charge on any atom is -0.454 e. The van der Waals surface area contributed by atoms with Crippen LogP contribution in [0.1, 0.15) is 85.4 Å². The van der Waals surface area contributed by atoms with Crippen molar-refractivity contribution in [1.82, 2.24) is 0 Å². The second kappa shape index (κ2) is 20.9. The van der Waals surface area contributed by atoms with Gasteiger partial charge in [-0.25, -0.2) is 24.0 Å². The van der Waals surface area contributed by atoms with Crippen molar-refractivity contribution < 1.29 is 61.9 Å². The van der Waals surface area contributed by atoms with Gasteiger partial charge in [0.2, 0.25) is 12.4 Å². The lowest BCUT2D eigenvalue weighted by atomic mass is 9.88. The maximum Gasteiger partial charge on any atom is 0.340 e. The number of rotatable bonds is 14. The van der Waals surface area contributed by atoms with Crippen LogP contribution in [0.25, 0.3) is 0 Å². The molecule has 326 valence electrons. The average molecular weight is 857 g/mol. The van der Waals surface area contributed by atoms with Crippen molar-refractivity contribution in [2.45, 2.75) is 88.9 Å². The summed E-state index contributed by atoms with van der Waals surface area (Å²) >= 11 is 0. The van der Waals surface area contributed by atoms with Crippen LogP contribution in [0.15, 0.2) is 152 Å². The van der Waals surface area contributed by atoms with E-state index >= 15 is 0 Å². The zero-order chi connectivity index (χ0) is 44.3. The summed E-state index contributed by atoms with van der Waals surface area (Å²) in [5, 5.41) is 0. The molecule has 0 aliphatic carbocycles. The van der Waals surface area contributed by atoms with Gasteiger partial charge in [-0.05, 0) is 73.5 Å². The van der Waals surface area contributed by atoms with Crippen LogP contribution in [0.4, 0.5) is 0 Å². The van der Waals surface area contributed by atoms with Gasteiger partial charge in [0, 0.05) is 5.92 Å². The molecule has 0 radical (unpaired) electrons. The van der Waals surface area contributed by atoms with E-state index in [0.29, 0.717) is 6.42 Å². The second-order valence-corrected chi connectivity index (χ2v) is 15.1. The van der Waals surface area contributed by atoms with Crippen LogP contribution < -0.4 is 0 Å². The Hall–Kier alpha value is -6.67. The molecule has 2 heterocycles. The summed E-state index contributed by atoms with van der Waals surface area (Å²) in [7, 11) is 0. The van der Waals surface area contributed by atoms with Crippen molar-refractivity contribution >= 4 is 29.8 Å². The summed E-state index contributed by atoms with van der Waals surface area (Å²) in [5.41, 5.74) is 0.993. The van der Waals surface area contributed by atoms with Gasteiger partial charge in [-0.2, -0.15) is 0 Å². The molecular weight excluding hydrogens is 809 g/mol. The van der Waals surface area contributed by atoms with E-state index in [1.54, 1.807) is 146 Å². The summed E-state index contributed by atoms with van der Waals surface area (Å²) in [5.74, 6) is -4.38. The van der Waals surface area contributed by atoms with Crippen LogP contribution in [0.5, 0.6) is 0 Å². The Labute approximate surface area is 365 Å². The van der Waals surface area contributed by atoms with Crippen molar-refractivity contribution in [1.29, 1.82) is 0 Å². The van der Waals surface area contributed by atoms with Crippen LogP contribution in [-0.4, -0.2) is 85.2 Å².